The molecule has 2 aromatic carbocycles. The zero-order valence-corrected chi connectivity index (χ0v) is 22.7. The molecular weight excluding hydrogens is 510 g/mol. The molecule has 0 radical (unpaired) electrons. The van der Waals surface area contributed by atoms with Crippen molar-refractivity contribution in [1.82, 2.24) is 29.4 Å². The first-order chi connectivity index (χ1) is 19.1. The maximum atomic E-state index is 13.7. The van der Waals surface area contributed by atoms with Gasteiger partial charge < -0.3 is 19.4 Å². The van der Waals surface area contributed by atoms with Crippen LogP contribution in [0, 0.1) is 0 Å². The van der Waals surface area contributed by atoms with E-state index in [0.29, 0.717) is 22.7 Å². The normalized spacial score (nSPS) is 16.9. The van der Waals surface area contributed by atoms with E-state index in [4.69, 9.17) is 4.98 Å². The topological polar surface area (TPSA) is 107 Å². The molecule has 1 aliphatic heterocycles. The van der Waals surface area contributed by atoms with E-state index in [9.17, 15) is 4.79 Å². The van der Waals surface area contributed by atoms with Gasteiger partial charge in [0.1, 0.15) is 0 Å². The number of nitrogens with one attached hydrogen (secondary N) is 3. The van der Waals surface area contributed by atoms with Crippen molar-refractivity contribution in [2.75, 3.05) is 48.8 Å². The van der Waals surface area contributed by atoms with Crippen molar-refractivity contribution < 1.29 is 4.79 Å². The Hall–Kier alpha value is -3.96. The first kappa shape index (κ1) is 24.1. The molecule has 0 bridgehead atoms. The van der Waals surface area contributed by atoms with Crippen molar-refractivity contribution in [3.8, 4) is 0 Å². The number of amides is 1. The van der Waals surface area contributed by atoms with Gasteiger partial charge in [0, 0.05) is 44.6 Å². The van der Waals surface area contributed by atoms with Crippen LogP contribution in [0.5, 0.6) is 0 Å². The van der Waals surface area contributed by atoms with Gasteiger partial charge in [-0.1, -0.05) is 36.3 Å². The molecule has 5 aromatic rings. The number of benzene rings is 2. The number of rotatable bonds is 6. The van der Waals surface area contributed by atoms with Crippen molar-refractivity contribution in [1.29, 1.82) is 0 Å². The van der Waals surface area contributed by atoms with Crippen LogP contribution in [0.2, 0.25) is 0 Å². The lowest BCUT2D eigenvalue weighted by Crippen LogP contribution is -2.45. The summed E-state index contributed by atoms with van der Waals surface area (Å²) in [7, 11) is 2.13. The number of hydrogen-bond acceptors (Lipinski definition) is 8. The van der Waals surface area contributed by atoms with Crippen molar-refractivity contribution in [3.63, 3.8) is 0 Å². The van der Waals surface area contributed by atoms with E-state index in [1.807, 2.05) is 42.7 Å². The molecule has 0 atom stereocenters. The first-order valence-electron chi connectivity index (χ1n) is 13.5. The van der Waals surface area contributed by atoms with Gasteiger partial charge in [0.05, 0.1) is 32.5 Å². The molecule has 11 heteroatoms. The fraction of sp³-hybridized carbons (Fsp3) is 0.357. The lowest BCUT2D eigenvalue weighted by molar-refractivity contribution is 0.102. The Bertz CT molecular complexity index is 1610. The van der Waals surface area contributed by atoms with Gasteiger partial charge in [-0.15, -0.1) is 0 Å². The average Bonchev–Trinajstić information content (AvgIpc) is 3.74. The van der Waals surface area contributed by atoms with Crippen LogP contribution < -0.4 is 15.5 Å². The number of para-hydroxylation sites is 1. The van der Waals surface area contributed by atoms with Crippen LogP contribution in [0.1, 0.15) is 42.1 Å². The first-order valence-corrected chi connectivity index (χ1v) is 14.4. The van der Waals surface area contributed by atoms with Gasteiger partial charge in [0.2, 0.25) is 11.9 Å². The molecular formula is C28H31N9OS. The standard InChI is InChI=1S/C28H31N9OS/c1-35-12-14-36(15-13-35)23-17-22-21(16-19(23)25(38)33-28-32-20-8-4-5-9-24(20)39-28)30-26(31-22)34-27-29-10-11-37(27)18-6-2-3-7-18/h4-5,8-11,16-18H,2-3,6-7,12-15H2,1H3,(H,32,33,38)(H2,29,30,31,34). The summed E-state index contributed by atoms with van der Waals surface area (Å²) in [6.45, 7) is 3.58. The third-order valence-electron chi connectivity index (χ3n) is 7.82. The van der Waals surface area contributed by atoms with Gasteiger partial charge in [0.15, 0.2) is 5.13 Å². The predicted octanol–water partition coefficient (Wildman–Crippen LogP) is 5.23. The highest BCUT2D eigenvalue weighted by atomic mass is 32.1. The molecule has 39 heavy (non-hydrogen) atoms. The SMILES string of the molecule is CN1CCN(c2cc3[nH]c(Nc4nccn4C4CCCC4)nc3cc2C(=O)Nc2nc3ccccc3s2)CC1. The Morgan fingerprint density at radius 1 is 1.05 bits per heavy atom. The second-order valence-electron chi connectivity index (χ2n) is 10.4. The highest BCUT2D eigenvalue weighted by molar-refractivity contribution is 7.22. The highest BCUT2D eigenvalue weighted by Gasteiger charge is 2.24. The Balaban J connectivity index is 1.22. The number of carbonyl (C=O) groups excluding carboxylic acids is 1. The molecule has 4 heterocycles. The molecule has 1 saturated heterocycles. The highest BCUT2D eigenvalue weighted by Crippen LogP contribution is 2.33. The minimum Gasteiger partial charge on any atom is -0.368 e. The summed E-state index contributed by atoms with van der Waals surface area (Å²) in [4.78, 5) is 35.6. The van der Waals surface area contributed by atoms with Gasteiger partial charge in [0.25, 0.3) is 5.91 Å². The number of nitrogens with zero attached hydrogens (tertiary/aromatic N) is 6. The molecule has 0 unspecified atom stereocenters. The Labute approximate surface area is 230 Å². The number of H-pyrrole nitrogens is 1. The van der Waals surface area contributed by atoms with Crippen LogP contribution in [0.4, 0.5) is 22.7 Å². The smallest absolute Gasteiger partial charge is 0.259 e. The molecule has 3 N–H and O–H groups in total. The molecule has 1 amide bonds. The van der Waals surface area contributed by atoms with Crippen molar-refractivity contribution >= 4 is 61.2 Å². The van der Waals surface area contributed by atoms with Gasteiger partial charge in [-0.05, 0) is 44.2 Å². The van der Waals surface area contributed by atoms with Crippen LogP contribution in [-0.4, -0.2) is 68.5 Å². The van der Waals surface area contributed by atoms with E-state index in [1.165, 1.54) is 37.0 Å². The summed E-state index contributed by atoms with van der Waals surface area (Å²) >= 11 is 1.48. The minimum atomic E-state index is -0.181. The predicted molar refractivity (Wildman–Crippen MR) is 156 cm³/mol. The Kier molecular flexibility index (Phi) is 6.16. The van der Waals surface area contributed by atoms with Crippen LogP contribution >= 0.6 is 11.3 Å². The lowest BCUT2D eigenvalue weighted by Gasteiger charge is -2.35. The van der Waals surface area contributed by atoms with E-state index in [2.05, 4.69) is 53.1 Å². The van der Waals surface area contributed by atoms with E-state index < -0.39 is 0 Å². The molecule has 7 rings (SSSR count). The van der Waals surface area contributed by atoms with Gasteiger partial charge in [-0.2, -0.15) is 0 Å². The van der Waals surface area contributed by atoms with E-state index >= 15 is 0 Å². The summed E-state index contributed by atoms with van der Waals surface area (Å²) in [5.41, 5.74) is 3.98. The second kappa shape index (κ2) is 9.97. The van der Waals surface area contributed by atoms with Crippen molar-refractivity contribution in [2.24, 2.45) is 0 Å². The molecule has 0 spiro atoms. The number of carbonyl (C=O) groups is 1. The average molecular weight is 542 g/mol. The molecule has 1 saturated carbocycles. The number of hydrogen-bond donors (Lipinski definition) is 3. The molecule has 2 fully saturated rings. The van der Waals surface area contributed by atoms with Gasteiger partial charge in [-0.3, -0.25) is 15.4 Å². The second-order valence-corrected chi connectivity index (χ2v) is 11.5. The monoisotopic (exact) mass is 541 g/mol. The lowest BCUT2D eigenvalue weighted by atomic mass is 10.1. The van der Waals surface area contributed by atoms with Crippen molar-refractivity contribution in [2.45, 2.75) is 31.7 Å². The number of imidazole rings is 2. The third-order valence-corrected chi connectivity index (χ3v) is 8.77. The largest absolute Gasteiger partial charge is 0.368 e. The minimum absolute atomic E-state index is 0.181. The number of aromatic amines is 1. The molecule has 3 aromatic heterocycles. The molecule has 200 valence electrons. The molecule has 2 aliphatic rings. The number of thiazole rings is 1. The summed E-state index contributed by atoms with van der Waals surface area (Å²) < 4.78 is 3.26. The quantitative estimate of drug-likeness (QED) is 0.270. The number of aromatic nitrogens is 5. The summed E-state index contributed by atoms with van der Waals surface area (Å²) in [5.74, 6) is 1.22. The number of fused-ring (bicyclic) bond motifs is 2. The maximum absolute atomic E-state index is 13.7. The molecule has 1 aliphatic carbocycles. The van der Waals surface area contributed by atoms with Crippen LogP contribution in [0.3, 0.4) is 0 Å². The summed E-state index contributed by atoms with van der Waals surface area (Å²) in [6, 6.07) is 12.3. The summed E-state index contributed by atoms with van der Waals surface area (Å²) in [5, 5.41) is 7.02. The zero-order chi connectivity index (χ0) is 26.3. The maximum Gasteiger partial charge on any atom is 0.259 e. The zero-order valence-electron chi connectivity index (χ0n) is 21.9. The molecule has 10 nitrogen and oxygen atoms in total. The Morgan fingerprint density at radius 3 is 2.69 bits per heavy atom. The Morgan fingerprint density at radius 2 is 1.87 bits per heavy atom. The van der Waals surface area contributed by atoms with Crippen LogP contribution in [0.15, 0.2) is 48.8 Å². The van der Waals surface area contributed by atoms with E-state index in [-0.39, 0.29) is 5.91 Å². The van der Waals surface area contributed by atoms with Crippen molar-refractivity contribution in [3.05, 3.63) is 54.4 Å². The number of likely N-dealkylation sites (N-methyl/N-ethyl adjacent to an activating group) is 1. The van der Waals surface area contributed by atoms with E-state index in [1.54, 1.807) is 0 Å². The van der Waals surface area contributed by atoms with Gasteiger partial charge in [-0.25, -0.2) is 15.0 Å². The fourth-order valence-corrected chi connectivity index (χ4v) is 6.54. The number of piperazine rings is 1. The number of anilines is 4. The van der Waals surface area contributed by atoms with Gasteiger partial charge >= 0.3 is 0 Å². The van der Waals surface area contributed by atoms with Crippen LogP contribution in [-0.2, 0) is 0 Å². The fourth-order valence-electron chi connectivity index (χ4n) is 5.68. The summed E-state index contributed by atoms with van der Waals surface area (Å²) in [6.07, 6.45) is 8.73. The third kappa shape index (κ3) is 4.72. The van der Waals surface area contributed by atoms with Crippen LogP contribution in [0.25, 0.3) is 21.3 Å². The van der Waals surface area contributed by atoms with E-state index in [0.717, 1.165) is 59.1 Å².